The molecule has 1 aromatic heterocycles. The van der Waals surface area contributed by atoms with Gasteiger partial charge in [-0.1, -0.05) is 28.9 Å². The molecule has 1 aromatic carbocycles. The maximum Gasteiger partial charge on any atom is 0.263 e. The van der Waals surface area contributed by atoms with Crippen LogP contribution in [0.3, 0.4) is 0 Å². The van der Waals surface area contributed by atoms with Crippen LogP contribution in [0.2, 0.25) is 0 Å². The Morgan fingerprint density at radius 2 is 2.10 bits per heavy atom. The Hall–Kier alpha value is -0.940. The van der Waals surface area contributed by atoms with Crippen molar-refractivity contribution in [1.82, 2.24) is 4.90 Å². The van der Waals surface area contributed by atoms with E-state index in [1.165, 1.54) is 23.5 Å². The number of likely N-dealkylation sites (tertiary alicyclic amines) is 1. The molecule has 1 atom stereocenters. The summed E-state index contributed by atoms with van der Waals surface area (Å²) >= 11 is 5.01. The first-order chi connectivity index (χ1) is 10.0. The second-order valence-electron chi connectivity index (χ2n) is 5.60. The summed E-state index contributed by atoms with van der Waals surface area (Å²) in [7, 11) is 0. The zero-order valence-corrected chi connectivity index (χ0v) is 14.2. The molecule has 1 fully saturated rings. The van der Waals surface area contributed by atoms with E-state index in [0.29, 0.717) is 15.6 Å². The molecule has 2 heterocycles. The van der Waals surface area contributed by atoms with Crippen molar-refractivity contribution in [3.8, 4) is 0 Å². The molecule has 1 aliphatic heterocycles. The highest BCUT2D eigenvalue weighted by atomic mass is 79.9. The number of amides is 1. The third-order valence-electron chi connectivity index (χ3n) is 4.17. The summed E-state index contributed by atoms with van der Waals surface area (Å²) in [4.78, 5) is 15.7. The lowest BCUT2D eigenvalue weighted by molar-refractivity contribution is 0.0696. The second-order valence-corrected chi connectivity index (χ2v) is 8.13. The molecule has 0 saturated carbocycles. The quantitative estimate of drug-likeness (QED) is 0.704. The molecule has 2 nitrogen and oxygen atoms in total. The normalized spacial score (nSPS) is 18.1. The van der Waals surface area contributed by atoms with Crippen LogP contribution in [0.5, 0.6) is 0 Å². The Morgan fingerprint density at radius 3 is 2.76 bits per heavy atom. The second kappa shape index (κ2) is 6.05. The van der Waals surface area contributed by atoms with Crippen LogP contribution in [-0.2, 0) is 0 Å². The molecule has 0 spiro atoms. The highest BCUT2D eigenvalue weighted by Crippen LogP contribution is 2.30. The van der Waals surface area contributed by atoms with Gasteiger partial charge in [-0.2, -0.15) is 0 Å². The lowest BCUT2D eigenvalue weighted by atomic mass is 9.94. The van der Waals surface area contributed by atoms with E-state index in [1.54, 1.807) is 6.07 Å². The molecule has 0 radical (unpaired) electrons. The summed E-state index contributed by atoms with van der Waals surface area (Å²) in [6.07, 6.45) is 2.08. The van der Waals surface area contributed by atoms with Gasteiger partial charge in [-0.3, -0.25) is 4.79 Å². The van der Waals surface area contributed by atoms with E-state index in [2.05, 4.69) is 22.9 Å². The van der Waals surface area contributed by atoms with E-state index in [9.17, 15) is 9.18 Å². The minimum absolute atomic E-state index is 0.0808. The molecule has 0 aliphatic carbocycles. The molecule has 5 heteroatoms. The monoisotopic (exact) mass is 369 g/mol. The van der Waals surface area contributed by atoms with Gasteiger partial charge in [-0.15, -0.1) is 11.3 Å². The van der Waals surface area contributed by atoms with Crippen molar-refractivity contribution in [2.24, 2.45) is 5.92 Å². The number of thiophene rings is 1. The van der Waals surface area contributed by atoms with Crippen LogP contribution in [-0.4, -0.2) is 28.7 Å². The summed E-state index contributed by atoms with van der Waals surface area (Å²) < 4.78 is 14.1. The minimum Gasteiger partial charge on any atom is -0.338 e. The van der Waals surface area contributed by atoms with Gasteiger partial charge in [-0.25, -0.2) is 4.39 Å². The molecule has 1 aliphatic rings. The number of nitrogens with zero attached hydrogens (tertiary/aromatic N) is 1. The van der Waals surface area contributed by atoms with Gasteiger partial charge >= 0.3 is 0 Å². The van der Waals surface area contributed by atoms with Gasteiger partial charge in [0.2, 0.25) is 0 Å². The zero-order valence-electron chi connectivity index (χ0n) is 11.8. The van der Waals surface area contributed by atoms with Crippen molar-refractivity contribution in [2.75, 3.05) is 13.1 Å². The molecule has 112 valence electrons. The SMILES string of the molecule is CC(Br)C1CCN(C(=O)c2cc3ccc(F)cc3s2)CC1. The number of halogens is 2. The molecule has 1 amide bonds. The van der Waals surface area contributed by atoms with Crippen LogP contribution in [0.4, 0.5) is 4.39 Å². The van der Waals surface area contributed by atoms with Crippen molar-refractivity contribution >= 4 is 43.3 Å². The summed E-state index contributed by atoms with van der Waals surface area (Å²) in [5.74, 6) is 0.471. The number of rotatable bonds is 2. The van der Waals surface area contributed by atoms with E-state index in [1.807, 2.05) is 11.0 Å². The Kier molecular flexibility index (Phi) is 4.31. The average molecular weight is 370 g/mol. The number of fused-ring (bicyclic) bond motifs is 1. The van der Waals surface area contributed by atoms with Crippen LogP contribution < -0.4 is 0 Å². The molecule has 21 heavy (non-hydrogen) atoms. The van der Waals surface area contributed by atoms with Crippen LogP contribution in [0, 0.1) is 11.7 Å². The topological polar surface area (TPSA) is 20.3 Å². The Bertz CT molecular complexity index is 661. The lowest BCUT2D eigenvalue weighted by Gasteiger charge is -2.33. The maximum absolute atomic E-state index is 13.2. The van der Waals surface area contributed by atoms with Gasteiger partial charge in [0.1, 0.15) is 5.82 Å². The van der Waals surface area contributed by atoms with Gasteiger partial charge in [0, 0.05) is 22.6 Å². The summed E-state index contributed by atoms with van der Waals surface area (Å²) in [6.45, 7) is 3.78. The predicted molar refractivity (Wildman–Crippen MR) is 88.8 cm³/mol. The third-order valence-corrected chi connectivity index (χ3v) is 6.00. The fourth-order valence-electron chi connectivity index (χ4n) is 2.83. The summed E-state index contributed by atoms with van der Waals surface area (Å²) in [5.41, 5.74) is 0. The minimum atomic E-state index is -0.254. The van der Waals surface area contributed by atoms with E-state index in [4.69, 9.17) is 0 Å². The van der Waals surface area contributed by atoms with Crippen LogP contribution >= 0.6 is 27.3 Å². The van der Waals surface area contributed by atoms with Crippen molar-refractivity contribution in [2.45, 2.75) is 24.6 Å². The number of piperidine rings is 1. The number of carbonyl (C=O) groups is 1. The number of alkyl halides is 1. The van der Waals surface area contributed by atoms with E-state index in [0.717, 1.165) is 36.0 Å². The van der Waals surface area contributed by atoms with Crippen LogP contribution in [0.1, 0.15) is 29.4 Å². The van der Waals surface area contributed by atoms with Crippen molar-refractivity contribution in [3.05, 3.63) is 35.0 Å². The summed E-state index contributed by atoms with van der Waals surface area (Å²) in [6, 6.07) is 6.54. The Labute approximate surface area is 136 Å². The van der Waals surface area contributed by atoms with E-state index in [-0.39, 0.29) is 11.7 Å². The van der Waals surface area contributed by atoms with Gasteiger partial charge in [-0.05, 0) is 42.3 Å². The molecule has 2 aromatic rings. The fraction of sp³-hybridized carbons (Fsp3) is 0.438. The van der Waals surface area contributed by atoms with Gasteiger partial charge < -0.3 is 4.90 Å². The van der Waals surface area contributed by atoms with E-state index < -0.39 is 0 Å². The average Bonchev–Trinajstić information content (AvgIpc) is 2.89. The smallest absolute Gasteiger partial charge is 0.263 e. The number of hydrogen-bond acceptors (Lipinski definition) is 2. The van der Waals surface area contributed by atoms with Crippen LogP contribution in [0.15, 0.2) is 24.3 Å². The molecule has 0 bridgehead atoms. The molecule has 1 unspecified atom stereocenters. The zero-order chi connectivity index (χ0) is 15.0. The van der Waals surface area contributed by atoms with Crippen molar-refractivity contribution in [3.63, 3.8) is 0 Å². The largest absolute Gasteiger partial charge is 0.338 e. The van der Waals surface area contributed by atoms with E-state index >= 15 is 0 Å². The molecular formula is C16H17BrFNOS. The fourth-order valence-corrected chi connectivity index (χ4v) is 4.41. The number of hydrogen-bond donors (Lipinski definition) is 0. The molecule has 3 rings (SSSR count). The Morgan fingerprint density at radius 1 is 1.38 bits per heavy atom. The first-order valence-electron chi connectivity index (χ1n) is 7.17. The third kappa shape index (κ3) is 3.14. The maximum atomic E-state index is 13.2. The first-order valence-corrected chi connectivity index (χ1v) is 8.90. The first kappa shape index (κ1) is 15.0. The lowest BCUT2D eigenvalue weighted by Crippen LogP contribution is -2.39. The van der Waals surface area contributed by atoms with Crippen molar-refractivity contribution in [1.29, 1.82) is 0 Å². The highest BCUT2D eigenvalue weighted by Gasteiger charge is 2.26. The van der Waals surface area contributed by atoms with Gasteiger partial charge in [0.25, 0.3) is 5.91 Å². The van der Waals surface area contributed by atoms with Gasteiger partial charge in [0.15, 0.2) is 0 Å². The number of benzene rings is 1. The molecule has 1 saturated heterocycles. The Balaban J connectivity index is 1.75. The van der Waals surface area contributed by atoms with Crippen LogP contribution in [0.25, 0.3) is 10.1 Å². The molecular weight excluding hydrogens is 353 g/mol. The predicted octanol–water partition coefficient (Wildman–Crippen LogP) is 4.68. The van der Waals surface area contributed by atoms with Crippen molar-refractivity contribution < 1.29 is 9.18 Å². The molecule has 0 N–H and O–H groups in total. The standard InChI is InChI=1S/C16H17BrFNOS/c1-10(17)11-4-6-19(7-5-11)16(20)15-8-12-2-3-13(18)9-14(12)21-15/h2-3,8-11H,4-7H2,1H3. The highest BCUT2D eigenvalue weighted by molar-refractivity contribution is 9.09. The summed E-state index contributed by atoms with van der Waals surface area (Å²) in [5, 5.41) is 0.939. The number of carbonyl (C=O) groups excluding carboxylic acids is 1. The van der Waals surface area contributed by atoms with Gasteiger partial charge in [0.05, 0.1) is 4.88 Å².